The Morgan fingerprint density at radius 3 is 1.84 bits per heavy atom. The minimum atomic E-state index is -0.622. The third-order valence-corrected chi connectivity index (χ3v) is 9.02. The number of fused-ring (bicyclic) bond motifs is 5. The number of rotatable bonds is 2. The molecule has 0 bridgehead atoms. The van der Waals surface area contributed by atoms with Crippen LogP contribution in [0.3, 0.4) is 0 Å². The van der Waals surface area contributed by atoms with E-state index in [-0.39, 0.29) is 5.57 Å². The lowest BCUT2D eigenvalue weighted by Gasteiger charge is -2.28. The number of amides is 4. The number of barbiturate groups is 1. The standard InChI is InChI=1S/C29H19N3O3S2/c1-30-27(33)21(28(34)31(2)29(30)35)15-18-11-16-12-25-17(13-24(16)36-18)14-26(37-25)32-22-9-5-3-7-19(22)20-8-4-6-10-23(20)32/h3-15H,1-2H3. The zero-order chi connectivity index (χ0) is 25.4. The molecule has 3 aromatic carbocycles. The number of benzene rings is 3. The Balaban J connectivity index is 1.34. The summed E-state index contributed by atoms with van der Waals surface area (Å²) < 4.78 is 4.56. The Morgan fingerprint density at radius 2 is 1.22 bits per heavy atom. The largest absolute Gasteiger partial charge is 0.333 e. The molecule has 0 atom stereocenters. The van der Waals surface area contributed by atoms with Crippen LogP contribution in [0.15, 0.2) is 78.4 Å². The van der Waals surface area contributed by atoms with Crippen LogP contribution < -0.4 is 0 Å². The van der Waals surface area contributed by atoms with Crippen molar-refractivity contribution in [3.63, 3.8) is 0 Å². The SMILES string of the molecule is CN1C(=O)C(=Cc2cc3cc4sc(-n5c6ccccc6c6ccccc65)cc4cc3s2)C(=O)N(C)C1=O. The topological polar surface area (TPSA) is 62.6 Å². The molecule has 1 saturated heterocycles. The van der Waals surface area contributed by atoms with E-state index in [9.17, 15) is 14.4 Å². The van der Waals surface area contributed by atoms with Crippen LogP contribution in [0.2, 0.25) is 0 Å². The molecule has 0 saturated carbocycles. The first-order valence-corrected chi connectivity index (χ1v) is 13.3. The fourth-order valence-electron chi connectivity index (χ4n) is 5.04. The number of para-hydroxylation sites is 2. The highest BCUT2D eigenvalue weighted by molar-refractivity contribution is 7.22. The Morgan fingerprint density at radius 1 is 0.676 bits per heavy atom. The number of nitrogens with zero attached hydrogens (tertiary/aromatic N) is 3. The zero-order valence-corrected chi connectivity index (χ0v) is 21.5. The van der Waals surface area contributed by atoms with Crippen molar-refractivity contribution in [3.8, 4) is 5.00 Å². The summed E-state index contributed by atoms with van der Waals surface area (Å²) in [4.78, 5) is 39.9. The Kier molecular flexibility index (Phi) is 4.67. The number of likely N-dealkylation sites (N-methyl/N-ethyl adjacent to an activating group) is 2. The number of aromatic nitrogens is 1. The molecule has 0 N–H and O–H groups in total. The molecular formula is C29H19N3O3S2. The van der Waals surface area contributed by atoms with Gasteiger partial charge in [-0.05, 0) is 53.2 Å². The first kappa shape index (κ1) is 22.0. The molecule has 180 valence electrons. The van der Waals surface area contributed by atoms with Gasteiger partial charge in [-0.2, -0.15) is 0 Å². The van der Waals surface area contributed by atoms with E-state index in [1.165, 1.54) is 47.2 Å². The van der Waals surface area contributed by atoms with Gasteiger partial charge < -0.3 is 4.57 Å². The summed E-state index contributed by atoms with van der Waals surface area (Å²) in [6.07, 6.45) is 1.59. The minimum Gasteiger partial charge on any atom is -0.301 e. The van der Waals surface area contributed by atoms with Crippen molar-refractivity contribution < 1.29 is 14.4 Å². The summed E-state index contributed by atoms with van der Waals surface area (Å²) in [5, 5.41) is 5.82. The summed E-state index contributed by atoms with van der Waals surface area (Å²) in [6, 6.07) is 24.9. The van der Waals surface area contributed by atoms with E-state index in [1.54, 1.807) is 17.4 Å². The maximum absolute atomic E-state index is 12.6. The lowest BCUT2D eigenvalue weighted by molar-refractivity contribution is -0.134. The summed E-state index contributed by atoms with van der Waals surface area (Å²) in [5.41, 5.74) is 2.36. The molecule has 7 rings (SSSR count). The Hall–Kier alpha value is -4.27. The van der Waals surface area contributed by atoms with Crippen molar-refractivity contribution in [2.24, 2.45) is 0 Å². The number of carbonyl (C=O) groups is 3. The number of urea groups is 1. The van der Waals surface area contributed by atoms with Crippen molar-refractivity contribution >= 4 is 88.6 Å². The molecule has 3 aromatic heterocycles. The highest BCUT2D eigenvalue weighted by atomic mass is 32.1. The highest BCUT2D eigenvalue weighted by Crippen LogP contribution is 2.39. The van der Waals surface area contributed by atoms with Gasteiger partial charge >= 0.3 is 6.03 Å². The maximum Gasteiger partial charge on any atom is 0.333 e. The van der Waals surface area contributed by atoms with Crippen molar-refractivity contribution in [1.82, 2.24) is 14.4 Å². The molecule has 4 heterocycles. The fraction of sp³-hybridized carbons (Fsp3) is 0.0690. The predicted molar refractivity (Wildman–Crippen MR) is 150 cm³/mol. The van der Waals surface area contributed by atoms with Crippen molar-refractivity contribution in [2.45, 2.75) is 0 Å². The van der Waals surface area contributed by atoms with Gasteiger partial charge in [0.2, 0.25) is 0 Å². The van der Waals surface area contributed by atoms with Crippen LogP contribution in [0.25, 0.3) is 53.1 Å². The number of thiophene rings is 2. The molecule has 0 radical (unpaired) electrons. The first-order valence-electron chi connectivity index (χ1n) is 11.7. The average molecular weight is 522 g/mol. The molecule has 1 aliphatic rings. The molecule has 0 spiro atoms. The second kappa shape index (κ2) is 7.86. The van der Waals surface area contributed by atoms with Crippen molar-refractivity contribution in [3.05, 3.63) is 83.2 Å². The number of hydrogen-bond donors (Lipinski definition) is 0. The summed E-state index contributed by atoms with van der Waals surface area (Å²) in [6.45, 7) is 0. The van der Waals surface area contributed by atoms with Crippen molar-refractivity contribution in [1.29, 1.82) is 0 Å². The lowest BCUT2D eigenvalue weighted by Crippen LogP contribution is -2.52. The van der Waals surface area contributed by atoms with Crippen LogP contribution in [0.1, 0.15) is 4.88 Å². The maximum atomic E-state index is 12.6. The molecule has 4 amide bonds. The second-order valence-electron chi connectivity index (χ2n) is 9.10. The van der Waals surface area contributed by atoms with E-state index in [2.05, 4.69) is 71.3 Å². The Labute approximate surface area is 219 Å². The highest BCUT2D eigenvalue weighted by Gasteiger charge is 2.37. The number of hydrogen-bond acceptors (Lipinski definition) is 5. The molecule has 6 aromatic rings. The van der Waals surface area contributed by atoms with Gasteiger partial charge in [-0.15, -0.1) is 22.7 Å². The second-order valence-corrected chi connectivity index (χ2v) is 11.3. The van der Waals surface area contributed by atoms with Crippen LogP contribution in [-0.2, 0) is 9.59 Å². The van der Waals surface area contributed by atoms with Crippen molar-refractivity contribution in [2.75, 3.05) is 14.1 Å². The van der Waals surface area contributed by atoms with Gasteiger partial charge in [0.15, 0.2) is 0 Å². The van der Waals surface area contributed by atoms with E-state index >= 15 is 0 Å². The normalized spacial score (nSPS) is 14.8. The third kappa shape index (κ3) is 3.19. The number of imide groups is 2. The predicted octanol–water partition coefficient (Wildman–Crippen LogP) is 6.65. The van der Waals surface area contributed by atoms with Crippen LogP contribution >= 0.6 is 22.7 Å². The molecule has 37 heavy (non-hydrogen) atoms. The van der Waals surface area contributed by atoms with E-state index in [0.29, 0.717) is 0 Å². The lowest BCUT2D eigenvalue weighted by atomic mass is 10.1. The zero-order valence-electron chi connectivity index (χ0n) is 19.9. The van der Waals surface area contributed by atoms with Crippen LogP contribution in [-0.4, -0.2) is 46.3 Å². The van der Waals surface area contributed by atoms with E-state index < -0.39 is 17.8 Å². The molecule has 1 fully saturated rings. The number of carbonyl (C=O) groups excluding carboxylic acids is 3. The monoisotopic (exact) mass is 521 g/mol. The molecule has 1 aliphatic heterocycles. The van der Waals surface area contributed by atoms with Gasteiger partial charge in [0.25, 0.3) is 11.8 Å². The molecular weight excluding hydrogens is 502 g/mol. The average Bonchev–Trinajstić information content (AvgIpc) is 3.59. The molecule has 8 heteroatoms. The van der Waals surface area contributed by atoms with E-state index in [0.717, 1.165) is 39.9 Å². The summed E-state index contributed by atoms with van der Waals surface area (Å²) in [7, 11) is 2.77. The van der Waals surface area contributed by atoms with Gasteiger partial charge in [-0.1, -0.05) is 36.4 Å². The quantitative estimate of drug-likeness (QED) is 0.189. The summed E-state index contributed by atoms with van der Waals surface area (Å²) >= 11 is 3.26. The third-order valence-electron chi connectivity index (χ3n) is 6.89. The van der Waals surface area contributed by atoms with Crippen LogP contribution in [0, 0.1) is 0 Å². The first-order chi connectivity index (χ1) is 17.9. The smallest absolute Gasteiger partial charge is 0.301 e. The molecule has 6 nitrogen and oxygen atoms in total. The van der Waals surface area contributed by atoms with Gasteiger partial charge in [-0.25, -0.2) is 4.79 Å². The fourth-order valence-corrected chi connectivity index (χ4v) is 7.20. The van der Waals surface area contributed by atoms with Crippen LogP contribution in [0.5, 0.6) is 0 Å². The summed E-state index contributed by atoms with van der Waals surface area (Å²) in [5.74, 6) is -1.16. The molecule has 0 unspecified atom stereocenters. The van der Waals surface area contributed by atoms with E-state index in [4.69, 9.17) is 0 Å². The van der Waals surface area contributed by atoms with E-state index in [1.807, 2.05) is 6.07 Å². The minimum absolute atomic E-state index is 0.00776. The molecule has 0 aliphatic carbocycles. The Bertz CT molecular complexity index is 1860. The van der Waals surface area contributed by atoms with Gasteiger partial charge in [0, 0.05) is 39.1 Å². The van der Waals surface area contributed by atoms with Gasteiger partial charge in [-0.3, -0.25) is 19.4 Å². The van der Waals surface area contributed by atoms with Crippen LogP contribution in [0.4, 0.5) is 4.79 Å². The van der Waals surface area contributed by atoms with Gasteiger partial charge in [0.05, 0.1) is 11.0 Å². The van der Waals surface area contributed by atoms with Gasteiger partial charge in [0.1, 0.15) is 10.6 Å².